The Morgan fingerprint density at radius 1 is 1.16 bits per heavy atom. The van der Waals surface area contributed by atoms with Gasteiger partial charge >= 0.3 is 6.18 Å². The summed E-state index contributed by atoms with van der Waals surface area (Å²) in [6.07, 6.45) is -0.0723. The molecule has 2 aromatic carbocycles. The summed E-state index contributed by atoms with van der Waals surface area (Å²) in [6.45, 7) is 3.09. The Bertz CT molecular complexity index is 1590. The molecule has 0 radical (unpaired) electrons. The van der Waals surface area contributed by atoms with Gasteiger partial charge in [0.2, 0.25) is 5.91 Å². The first-order valence-corrected chi connectivity index (χ1v) is 15.0. The largest absolute Gasteiger partial charge is 0.495 e. The highest BCUT2D eigenvalue weighted by atomic mass is 19.4. The molecule has 1 spiro atoms. The summed E-state index contributed by atoms with van der Waals surface area (Å²) in [4.78, 5) is 16.3. The van der Waals surface area contributed by atoms with Crippen LogP contribution in [0.5, 0.6) is 5.75 Å². The fourth-order valence-electron chi connectivity index (χ4n) is 6.95. The molecule has 0 atom stereocenters. The van der Waals surface area contributed by atoms with Crippen LogP contribution in [0.25, 0.3) is 10.9 Å². The Kier molecular flexibility index (Phi) is 8.16. The lowest BCUT2D eigenvalue weighted by molar-refractivity contribution is -0.200. The lowest BCUT2D eigenvalue weighted by atomic mass is 9.75. The van der Waals surface area contributed by atoms with E-state index < -0.39 is 18.6 Å². The van der Waals surface area contributed by atoms with Gasteiger partial charge in [-0.05, 0) is 68.0 Å². The zero-order valence-corrected chi connectivity index (χ0v) is 25.0. The summed E-state index contributed by atoms with van der Waals surface area (Å²) in [5.74, 6) is 5.75. The number of halogens is 3. The molecule has 2 aliphatic heterocycles. The maximum atomic E-state index is 13.7. The minimum absolute atomic E-state index is 0.154. The summed E-state index contributed by atoms with van der Waals surface area (Å²) < 4.78 is 53.2. The highest BCUT2D eigenvalue weighted by Gasteiger charge is 2.51. The molecule has 2 saturated heterocycles. The van der Waals surface area contributed by atoms with E-state index in [0.29, 0.717) is 45.7 Å². The van der Waals surface area contributed by atoms with Crippen molar-refractivity contribution in [3.63, 3.8) is 0 Å². The van der Waals surface area contributed by atoms with E-state index in [1.165, 1.54) is 17.7 Å². The second-order valence-electron chi connectivity index (χ2n) is 12.3. The topological polar surface area (TPSA) is 85.0 Å². The summed E-state index contributed by atoms with van der Waals surface area (Å²) >= 11 is 0. The van der Waals surface area contributed by atoms with Crippen LogP contribution in [-0.4, -0.2) is 80.6 Å². The molecular weight excluding hydrogens is 571 g/mol. The van der Waals surface area contributed by atoms with Gasteiger partial charge in [0.1, 0.15) is 12.3 Å². The maximum absolute atomic E-state index is 13.7. The fraction of sp³-hybridized carbons (Fsp3) is 0.485. The molecule has 1 saturated carbocycles. The normalized spacial score (nSPS) is 21.2. The highest BCUT2D eigenvalue weighted by Crippen LogP contribution is 2.42. The van der Waals surface area contributed by atoms with Crippen molar-refractivity contribution >= 4 is 28.2 Å². The molecule has 234 valence electrons. The quantitative estimate of drug-likeness (QED) is 0.355. The molecule has 3 fully saturated rings. The van der Waals surface area contributed by atoms with Crippen LogP contribution in [0.2, 0.25) is 0 Å². The van der Waals surface area contributed by atoms with Crippen molar-refractivity contribution in [2.45, 2.75) is 50.5 Å². The molecule has 6 rings (SSSR count). The van der Waals surface area contributed by atoms with Gasteiger partial charge in [-0.15, -0.1) is 0 Å². The number of carbonyl (C=O) groups excluding carboxylic acids is 1. The van der Waals surface area contributed by atoms with Crippen molar-refractivity contribution in [3.05, 3.63) is 53.7 Å². The van der Waals surface area contributed by atoms with Crippen LogP contribution in [-0.2, 0) is 11.3 Å². The number of aromatic nitrogens is 1. The number of rotatable bonds is 8. The van der Waals surface area contributed by atoms with Crippen LogP contribution in [0.15, 0.2) is 42.5 Å². The van der Waals surface area contributed by atoms with E-state index in [-0.39, 0.29) is 6.54 Å². The van der Waals surface area contributed by atoms with Gasteiger partial charge in [0, 0.05) is 54.3 Å². The maximum Gasteiger partial charge on any atom is 0.406 e. The van der Waals surface area contributed by atoms with Crippen molar-refractivity contribution in [1.82, 2.24) is 9.47 Å². The van der Waals surface area contributed by atoms with Crippen molar-refractivity contribution in [3.8, 4) is 17.6 Å². The van der Waals surface area contributed by atoms with E-state index in [9.17, 15) is 18.0 Å². The number of anilines is 2. The molecule has 0 unspecified atom stereocenters. The van der Waals surface area contributed by atoms with Crippen LogP contribution in [0.1, 0.15) is 41.7 Å². The molecule has 3 aliphatic rings. The summed E-state index contributed by atoms with van der Waals surface area (Å²) in [5, 5.41) is 3.87. The lowest BCUT2D eigenvalue weighted by Gasteiger charge is -2.58. The Balaban J connectivity index is 1.18. The zero-order chi connectivity index (χ0) is 31.1. The van der Waals surface area contributed by atoms with Crippen LogP contribution in [0.4, 0.5) is 24.5 Å². The first-order valence-electron chi connectivity index (χ1n) is 15.0. The summed E-state index contributed by atoms with van der Waals surface area (Å²) in [7, 11) is 3.52. The van der Waals surface area contributed by atoms with Crippen LogP contribution < -0.4 is 20.7 Å². The monoisotopic (exact) mass is 609 g/mol. The number of nitrogens with one attached hydrogen (secondary N) is 1. The highest BCUT2D eigenvalue weighted by molar-refractivity contribution is 5.95. The van der Waals surface area contributed by atoms with Gasteiger partial charge < -0.3 is 30.0 Å². The van der Waals surface area contributed by atoms with Crippen molar-refractivity contribution in [1.29, 1.82) is 0 Å². The number of fused-ring (bicyclic) bond motifs is 1. The minimum atomic E-state index is -4.41. The number of primary amides is 1. The summed E-state index contributed by atoms with van der Waals surface area (Å²) in [6, 6.07) is 13.0. The van der Waals surface area contributed by atoms with Gasteiger partial charge in [-0.2, -0.15) is 13.2 Å². The predicted molar refractivity (Wildman–Crippen MR) is 164 cm³/mol. The Morgan fingerprint density at radius 3 is 2.55 bits per heavy atom. The Morgan fingerprint density at radius 2 is 1.91 bits per heavy atom. The van der Waals surface area contributed by atoms with Crippen LogP contribution in [0.3, 0.4) is 0 Å². The van der Waals surface area contributed by atoms with Crippen molar-refractivity contribution < 1.29 is 27.4 Å². The number of hydrogen-bond donors (Lipinski definition) is 2. The molecular formula is C33H38F3N5O3. The number of ether oxygens (including phenoxy) is 2. The van der Waals surface area contributed by atoms with Gasteiger partial charge in [0.05, 0.1) is 43.8 Å². The number of alkyl halides is 3. The molecule has 3 aromatic rings. The first-order chi connectivity index (χ1) is 21.1. The van der Waals surface area contributed by atoms with Gasteiger partial charge in [-0.25, -0.2) is 0 Å². The molecule has 1 amide bonds. The standard InChI is InChI=1S/C33H38F3N5O3/c1-39(23-9-11-24(12-10-23)40-17-32(18-40)20-44-21-32)28-6-3-7-29-26(28)16-25(41(29)19-33(34,35)36)5-4-14-38-27-13-8-22(31(37)42)15-30(27)43-2/h3,6-8,13,15-16,23-24,38H,9-12,14,17-21H2,1-2H3,(H2,37,42). The van der Waals surface area contributed by atoms with E-state index in [1.54, 1.807) is 24.3 Å². The van der Waals surface area contributed by atoms with Gasteiger partial charge in [0.15, 0.2) is 0 Å². The second kappa shape index (κ2) is 11.9. The molecule has 11 heteroatoms. The molecule has 1 aliphatic carbocycles. The second-order valence-corrected chi connectivity index (χ2v) is 12.3. The van der Waals surface area contributed by atoms with E-state index in [1.807, 2.05) is 12.1 Å². The van der Waals surface area contributed by atoms with Crippen molar-refractivity contribution in [2.75, 3.05) is 57.2 Å². The Labute approximate surface area is 255 Å². The number of methoxy groups -OCH3 is 1. The Hall–Kier alpha value is -3.88. The predicted octanol–water partition coefficient (Wildman–Crippen LogP) is 4.85. The van der Waals surface area contributed by atoms with E-state index >= 15 is 0 Å². The molecule has 8 nitrogen and oxygen atoms in total. The van der Waals surface area contributed by atoms with Crippen LogP contribution >= 0.6 is 0 Å². The third-order valence-electron chi connectivity index (χ3n) is 9.33. The van der Waals surface area contributed by atoms with E-state index in [4.69, 9.17) is 15.2 Å². The molecule has 44 heavy (non-hydrogen) atoms. The number of carbonyl (C=O) groups is 1. The molecule has 1 aromatic heterocycles. The van der Waals surface area contributed by atoms with Crippen molar-refractivity contribution in [2.24, 2.45) is 11.1 Å². The smallest absolute Gasteiger partial charge is 0.406 e. The van der Waals surface area contributed by atoms with Crippen LogP contribution in [0, 0.1) is 17.3 Å². The molecule has 0 bridgehead atoms. The van der Waals surface area contributed by atoms with Gasteiger partial charge in [0.25, 0.3) is 0 Å². The first kappa shape index (κ1) is 30.2. The number of likely N-dealkylation sites (tertiary alicyclic amines) is 1. The third-order valence-corrected chi connectivity index (χ3v) is 9.33. The number of benzene rings is 2. The number of nitrogens with zero attached hydrogens (tertiary/aromatic N) is 3. The molecule has 3 N–H and O–H groups in total. The zero-order valence-electron chi connectivity index (χ0n) is 25.0. The molecule has 3 heterocycles. The van der Waals surface area contributed by atoms with E-state index in [2.05, 4.69) is 34.0 Å². The SMILES string of the molecule is COc1cc(C(N)=O)ccc1NCC#Cc1cc2c(N(C)C3CCC(N4CC5(COC5)C4)CC3)cccc2n1CC(F)(F)F. The lowest BCUT2D eigenvalue weighted by Crippen LogP contribution is -2.68. The average molecular weight is 610 g/mol. The summed E-state index contributed by atoms with van der Waals surface area (Å²) in [5.41, 5.74) is 8.37. The average Bonchev–Trinajstić information content (AvgIpc) is 3.29. The fourth-order valence-corrected chi connectivity index (χ4v) is 6.95. The van der Waals surface area contributed by atoms with Gasteiger partial charge in [-0.1, -0.05) is 12.0 Å². The number of hydrogen-bond acceptors (Lipinski definition) is 6. The van der Waals surface area contributed by atoms with Gasteiger partial charge in [-0.3, -0.25) is 9.69 Å². The minimum Gasteiger partial charge on any atom is -0.495 e. The number of amides is 1. The number of nitrogens with two attached hydrogens (primary N) is 1. The third kappa shape index (κ3) is 6.06. The van der Waals surface area contributed by atoms with E-state index in [0.717, 1.165) is 63.1 Å².